The number of aliphatic hydroxyl groups is 1. The average molecular weight is 608 g/mol. The van der Waals surface area contributed by atoms with E-state index in [0.29, 0.717) is 0 Å². The summed E-state index contributed by atoms with van der Waals surface area (Å²) in [4.78, 5) is 27.0. The normalized spacial score (nSPS) is 22.3. The third kappa shape index (κ3) is 8.18. The number of fused-ring (bicyclic) bond motifs is 2. The van der Waals surface area contributed by atoms with E-state index in [1.807, 2.05) is 18.5 Å². The van der Waals surface area contributed by atoms with E-state index < -0.39 is 24.3 Å². The molecule has 0 unspecified atom stereocenters. The number of aliphatic hydroxyl groups excluding tert-OH is 1. The number of hydrogen-bond acceptors (Lipinski definition) is 7. The number of piperidine rings is 1. The zero-order valence-electron chi connectivity index (χ0n) is 22.3. The van der Waals surface area contributed by atoms with Crippen LogP contribution in [0.5, 0.6) is 0 Å². The molecule has 1 spiro atoms. The largest absolute Gasteiger partial charge is 0.490 e. The average Bonchev–Trinajstić information content (AvgIpc) is 3.18. The maximum Gasteiger partial charge on any atom is 0.490 e. The molecular weight excluding hydrogens is 576 g/mol. The van der Waals surface area contributed by atoms with Gasteiger partial charge in [-0.3, -0.25) is 14.8 Å². The maximum absolute atomic E-state index is 11.6. The topological polar surface area (TPSA) is 123 Å². The molecule has 9 nitrogen and oxygen atoms in total. The van der Waals surface area contributed by atoms with E-state index in [9.17, 15) is 31.4 Å². The number of aliphatic carboxylic acids is 2. The lowest BCUT2D eigenvalue weighted by atomic mass is 9.72. The zero-order valence-corrected chi connectivity index (χ0v) is 22.3. The number of hydrogen-bond donors (Lipinski definition) is 3. The number of alkyl halides is 6. The highest BCUT2D eigenvalue weighted by Gasteiger charge is 2.54. The third-order valence-electron chi connectivity index (χ3n) is 7.48. The number of benzene rings is 1. The Labute approximate surface area is 237 Å². The van der Waals surface area contributed by atoms with Gasteiger partial charge in [-0.25, -0.2) is 9.59 Å². The minimum Gasteiger partial charge on any atom is -0.475 e. The van der Waals surface area contributed by atoms with Crippen molar-refractivity contribution in [2.45, 2.75) is 49.3 Å². The van der Waals surface area contributed by atoms with Crippen molar-refractivity contribution in [3.8, 4) is 0 Å². The molecule has 42 heavy (non-hydrogen) atoms. The van der Waals surface area contributed by atoms with E-state index in [0.717, 1.165) is 58.8 Å². The number of pyridine rings is 1. The number of carboxylic acids is 2. The minimum absolute atomic E-state index is 0.102. The van der Waals surface area contributed by atoms with E-state index in [1.165, 1.54) is 16.7 Å². The predicted octanol–water partition coefficient (Wildman–Crippen LogP) is 3.63. The molecule has 3 aliphatic rings. The molecule has 3 N–H and O–H groups in total. The Kier molecular flexibility index (Phi) is 10.9. The highest BCUT2D eigenvalue weighted by Crippen LogP contribution is 2.53. The van der Waals surface area contributed by atoms with Crippen LogP contribution in [-0.4, -0.2) is 99.9 Å². The van der Waals surface area contributed by atoms with E-state index in [1.54, 1.807) is 0 Å². The Balaban J connectivity index is 0.000000289. The highest BCUT2D eigenvalue weighted by atomic mass is 19.4. The van der Waals surface area contributed by atoms with Gasteiger partial charge in [0.2, 0.25) is 0 Å². The van der Waals surface area contributed by atoms with Crippen LogP contribution < -0.4 is 0 Å². The Morgan fingerprint density at radius 1 is 0.905 bits per heavy atom. The van der Waals surface area contributed by atoms with Gasteiger partial charge in [0.15, 0.2) is 0 Å². The Hall–Kier alpha value is -3.27. The first-order valence-electron chi connectivity index (χ1n) is 13.0. The first kappa shape index (κ1) is 33.2. The number of carbonyl (C=O) groups is 2. The third-order valence-corrected chi connectivity index (χ3v) is 7.48. The summed E-state index contributed by atoms with van der Waals surface area (Å²) in [5, 5.41) is 25.9. The molecule has 3 heterocycles. The van der Waals surface area contributed by atoms with Crippen LogP contribution in [0, 0.1) is 0 Å². The summed E-state index contributed by atoms with van der Waals surface area (Å²) in [5.41, 5.74) is 3.85. The second-order valence-electron chi connectivity index (χ2n) is 10.0. The SMILES string of the molecule is O=C(O)C(F)(F)F.O=C(O)C(F)(F)F.O[C@H]1[C@H](N2CCOCC2)c2ccccc2C12CCN(Cc1cccnc1)CC2. The molecule has 5 rings (SSSR count). The van der Waals surface area contributed by atoms with Gasteiger partial charge in [0.25, 0.3) is 0 Å². The second kappa shape index (κ2) is 13.8. The minimum atomic E-state index is -5.08. The molecular formula is C27H31F6N3O6. The van der Waals surface area contributed by atoms with Crippen LogP contribution in [0.4, 0.5) is 26.3 Å². The molecule has 2 saturated heterocycles. The van der Waals surface area contributed by atoms with Crippen LogP contribution in [-0.2, 0) is 26.3 Å². The van der Waals surface area contributed by atoms with Crippen molar-refractivity contribution in [3.05, 3.63) is 65.5 Å². The molecule has 1 aromatic heterocycles. The molecule has 0 amide bonds. The molecule has 15 heteroatoms. The van der Waals surface area contributed by atoms with Gasteiger partial charge in [0.05, 0.1) is 25.4 Å². The molecule has 0 saturated carbocycles. The lowest BCUT2D eigenvalue weighted by Gasteiger charge is -2.44. The number of rotatable bonds is 3. The number of carboxylic acid groups (broad SMARTS) is 2. The predicted molar refractivity (Wildman–Crippen MR) is 135 cm³/mol. The van der Waals surface area contributed by atoms with Crippen molar-refractivity contribution in [3.63, 3.8) is 0 Å². The fourth-order valence-corrected chi connectivity index (χ4v) is 5.52. The molecule has 2 atom stereocenters. The molecule has 2 aromatic rings. The van der Waals surface area contributed by atoms with Crippen LogP contribution in [0.25, 0.3) is 0 Å². The van der Waals surface area contributed by atoms with Gasteiger partial charge in [-0.05, 0) is 48.7 Å². The summed E-state index contributed by atoms with van der Waals surface area (Å²) in [6, 6.07) is 13.0. The van der Waals surface area contributed by atoms with Gasteiger partial charge >= 0.3 is 24.3 Å². The second-order valence-corrected chi connectivity index (χ2v) is 10.0. The van der Waals surface area contributed by atoms with E-state index in [4.69, 9.17) is 24.5 Å². The quantitative estimate of drug-likeness (QED) is 0.449. The number of halogens is 6. The zero-order chi connectivity index (χ0) is 31.1. The summed E-state index contributed by atoms with van der Waals surface area (Å²) in [7, 11) is 0. The number of ether oxygens (including phenoxy) is 1. The van der Waals surface area contributed by atoms with E-state index in [2.05, 4.69) is 45.1 Å². The monoisotopic (exact) mass is 607 g/mol. The highest BCUT2D eigenvalue weighted by molar-refractivity contribution is 5.73. The van der Waals surface area contributed by atoms with E-state index in [-0.39, 0.29) is 17.6 Å². The molecule has 232 valence electrons. The summed E-state index contributed by atoms with van der Waals surface area (Å²) in [5.74, 6) is -5.51. The summed E-state index contributed by atoms with van der Waals surface area (Å²) < 4.78 is 69.0. The van der Waals surface area contributed by atoms with Crippen molar-refractivity contribution < 1.29 is 56.0 Å². The van der Waals surface area contributed by atoms with Gasteiger partial charge in [-0.15, -0.1) is 0 Å². The summed E-state index contributed by atoms with van der Waals surface area (Å²) >= 11 is 0. The molecule has 1 aromatic carbocycles. The van der Waals surface area contributed by atoms with Crippen molar-refractivity contribution in [2.24, 2.45) is 0 Å². The standard InChI is InChI=1S/C23H29N3O2.2C2HF3O2/c27-22-21(26-12-14-28-15-13-26)19-5-1-2-6-20(19)23(22)7-10-25(11-8-23)17-18-4-3-9-24-16-18;2*3-2(4,5)1(6)7/h1-6,9,16,21-22,27H,7-8,10-15,17H2;2*(H,6,7)/t21-,22+;;/m1../s1. The van der Waals surface area contributed by atoms with Gasteiger partial charge in [-0.1, -0.05) is 30.3 Å². The van der Waals surface area contributed by atoms with Gasteiger partial charge in [0, 0.05) is 37.4 Å². The van der Waals surface area contributed by atoms with Gasteiger partial charge in [0.1, 0.15) is 0 Å². The van der Waals surface area contributed by atoms with Crippen LogP contribution >= 0.6 is 0 Å². The molecule has 2 fully saturated rings. The Morgan fingerprint density at radius 2 is 1.45 bits per heavy atom. The van der Waals surface area contributed by atoms with Crippen LogP contribution in [0.3, 0.4) is 0 Å². The van der Waals surface area contributed by atoms with Gasteiger partial charge in [-0.2, -0.15) is 26.3 Å². The van der Waals surface area contributed by atoms with Crippen LogP contribution in [0.2, 0.25) is 0 Å². The van der Waals surface area contributed by atoms with Crippen LogP contribution in [0.15, 0.2) is 48.8 Å². The maximum atomic E-state index is 11.6. The van der Waals surface area contributed by atoms with Crippen molar-refractivity contribution >= 4 is 11.9 Å². The molecule has 1 aliphatic carbocycles. The smallest absolute Gasteiger partial charge is 0.475 e. The van der Waals surface area contributed by atoms with Crippen LogP contribution in [0.1, 0.15) is 35.6 Å². The number of morpholine rings is 1. The lowest BCUT2D eigenvalue weighted by Crippen LogP contribution is -2.51. The number of aromatic nitrogens is 1. The van der Waals surface area contributed by atoms with Gasteiger partial charge < -0.3 is 20.1 Å². The fourth-order valence-electron chi connectivity index (χ4n) is 5.52. The molecule has 0 radical (unpaired) electrons. The van der Waals surface area contributed by atoms with Crippen molar-refractivity contribution in [2.75, 3.05) is 39.4 Å². The lowest BCUT2D eigenvalue weighted by molar-refractivity contribution is -0.193. The fraction of sp³-hybridized carbons (Fsp3) is 0.519. The summed E-state index contributed by atoms with van der Waals surface area (Å²) in [6.45, 7) is 6.29. The number of likely N-dealkylation sites (tertiary alicyclic amines) is 1. The molecule has 2 aliphatic heterocycles. The first-order chi connectivity index (χ1) is 19.7. The number of nitrogens with zero attached hydrogens (tertiary/aromatic N) is 3. The van der Waals surface area contributed by atoms with Crippen molar-refractivity contribution in [1.29, 1.82) is 0 Å². The Bertz CT molecular complexity index is 1160. The first-order valence-corrected chi connectivity index (χ1v) is 13.0. The Morgan fingerprint density at radius 3 is 1.95 bits per heavy atom. The van der Waals surface area contributed by atoms with Crippen molar-refractivity contribution in [1.82, 2.24) is 14.8 Å². The summed E-state index contributed by atoms with van der Waals surface area (Å²) in [6.07, 6.45) is -4.72. The molecule has 0 bridgehead atoms. The van der Waals surface area contributed by atoms with E-state index >= 15 is 0 Å².